The third-order valence-corrected chi connectivity index (χ3v) is 6.10. The average Bonchev–Trinajstić information content (AvgIpc) is 2.22. The summed E-state index contributed by atoms with van der Waals surface area (Å²) in [4.78, 5) is 0. The molecular formula is C16H29O2. The fraction of sp³-hybridized carbons (Fsp3) is 0.938. The van der Waals surface area contributed by atoms with Gasteiger partial charge in [-0.3, -0.25) is 0 Å². The summed E-state index contributed by atoms with van der Waals surface area (Å²) >= 11 is 0. The topological polar surface area (TPSA) is 40.5 Å². The third-order valence-electron chi connectivity index (χ3n) is 6.10. The van der Waals surface area contributed by atoms with Gasteiger partial charge in [0.05, 0.1) is 12.2 Å². The van der Waals surface area contributed by atoms with E-state index < -0.39 is 5.60 Å². The Kier molecular flexibility index (Phi) is 3.57. The summed E-state index contributed by atoms with van der Waals surface area (Å²) in [5.74, 6) is 0.859. The van der Waals surface area contributed by atoms with Crippen LogP contribution in [0.3, 0.4) is 0 Å². The van der Waals surface area contributed by atoms with E-state index in [4.69, 9.17) is 0 Å². The molecule has 0 aromatic carbocycles. The van der Waals surface area contributed by atoms with Crippen LogP contribution in [0.15, 0.2) is 0 Å². The normalized spacial score (nSPS) is 47.7. The average molecular weight is 253 g/mol. The predicted octanol–water partition coefficient (Wildman–Crippen LogP) is 3.90. The first-order valence-electron chi connectivity index (χ1n) is 7.42. The second kappa shape index (κ2) is 4.49. The number of aliphatic hydroxyl groups is 2. The summed E-state index contributed by atoms with van der Waals surface area (Å²) < 4.78 is 0. The van der Waals surface area contributed by atoms with Gasteiger partial charge in [0.15, 0.2) is 0 Å². The molecule has 2 fully saturated rings. The van der Waals surface area contributed by atoms with Gasteiger partial charge in [0, 0.05) is 0 Å². The quantitative estimate of drug-likeness (QED) is 0.783. The van der Waals surface area contributed by atoms with Crippen molar-refractivity contribution in [2.75, 3.05) is 0 Å². The molecule has 0 amide bonds. The SMILES string of the molecule is CC1(C)CCCC2(C)C1CCC(C)(O)C2C[CH]O. The Bertz CT molecular complexity index is 308. The van der Waals surface area contributed by atoms with Gasteiger partial charge < -0.3 is 10.2 Å². The lowest BCUT2D eigenvalue weighted by Gasteiger charge is -2.61. The number of hydrogen-bond acceptors (Lipinski definition) is 2. The summed E-state index contributed by atoms with van der Waals surface area (Å²) in [6, 6.07) is 0. The Balaban J connectivity index is 2.35. The van der Waals surface area contributed by atoms with E-state index in [0.29, 0.717) is 17.8 Å². The van der Waals surface area contributed by atoms with Crippen LogP contribution in [0.4, 0.5) is 0 Å². The van der Waals surface area contributed by atoms with Crippen molar-refractivity contribution in [3.63, 3.8) is 0 Å². The maximum atomic E-state index is 10.7. The lowest BCUT2D eigenvalue weighted by Crippen LogP contribution is -2.57. The maximum Gasteiger partial charge on any atom is 0.0803 e. The number of rotatable bonds is 2. The zero-order valence-electron chi connectivity index (χ0n) is 12.4. The molecule has 2 heteroatoms. The molecule has 2 saturated carbocycles. The van der Waals surface area contributed by atoms with E-state index in [1.54, 1.807) is 0 Å². The molecule has 0 aromatic heterocycles. The fourth-order valence-corrected chi connectivity index (χ4v) is 5.25. The van der Waals surface area contributed by atoms with Crippen molar-refractivity contribution in [2.45, 2.75) is 71.8 Å². The van der Waals surface area contributed by atoms with Crippen molar-refractivity contribution in [1.82, 2.24) is 0 Å². The number of fused-ring (bicyclic) bond motifs is 1. The zero-order valence-corrected chi connectivity index (χ0v) is 12.4. The van der Waals surface area contributed by atoms with Crippen molar-refractivity contribution in [1.29, 1.82) is 0 Å². The first-order chi connectivity index (χ1) is 8.24. The second-order valence-corrected chi connectivity index (χ2v) is 7.77. The van der Waals surface area contributed by atoms with E-state index in [1.807, 2.05) is 6.92 Å². The van der Waals surface area contributed by atoms with Crippen LogP contribution in [0, 0.1) is 29.3 Å². The molecular weight excluding hydrogens is 224 g/mol. The smallest absolute Gasteiger partial charge is 0.0803 e. The summed E-state index contributed by atoms with van der Waals surface area (Å²) in [6.07, 6.45) is 6.35. The van der Waals surface area contributed by atoms with Crippen LogP contribution in [0.1, 0.15) is 66.2 Å². The first-order valence-corrected chi connectivity index (χ1v) is 7.42. The van der Waals surface area contributed by atoms with Crippen LogP contribution in [0.2, 0.25) is 0 Å². The van der Waals surface area contributed by atoms with Gasteiger partial charge in [0.25, 0.3) is 0 Å². The van der Waals surface area contributed by atoms with E-state index in [9.17, 15) is 10.2 Å². The van der Waals surface area contributed by atoms with Crippen LogP contribution < -0.4 is 0 Å². The molecule has 0 saturated heterocycles. The number of hydrogen-bond donors (Lipinski definition) is 2. The summed E-state index contributed by atoms with van der Waals surface area (Å²) in [6.45, 7) is 10.3. The van der Waals surface area contributed by atoms with E-state index in [1.165, 1.54) is 25.9 Å². The Hall–Kier alpha value is -0.0800. The molecule has 0 spiro atoms. The molecule has 2 nitrogen and oxygen atoms in total. The maximum absolute atomic E-state index is 10.7. The Labute approximate surface area is 112 Å². The third kappa shape index (κ3) is 2.12. The second-order valence-electron chi connectivity index (χ2n) is 7.77. The highest BCUT2D eigenvalue weighted by Crippen LogP contribution is 2.62. The van der Waals surface area contributed by atoms with E-state index >= 15 is 0 Å². The van der Waals surface area contributed by atoms with Gasteiger partial charge in [-0.05, 0) is 61.7 Å². The minimum atomic E-state index is -0.627. The lowest BCUT2D eigenvalue weighted by molar-refractivity contribution is -0.168. The Morgan fingerprint density at radius 3 is 2.39 bits per heavy atom. The number of aliphatic hydroxyl groups excluding tert-OH is 1. The molecule has 0 aliphatic heterocycles. The fourth-order valence-electron chi connectivity index (χ4n) is 5.25. The highest BCUT2D eigenvalue weighted by atomic mass is 16.3. The van der Waals surface area contributed by atoms with Crippen LogP contribution in [-0.2, 0) is 0 Å². The molecule has 4 atom stereocenters. The first kappa shape index (κ1) is 14.3. The Morgan fingerprint density at radius 1 is 1.11 bits per heavy atom. The van der Waals surface area contributed by atoms with E-state index in [-0.39, 0.29) is 11.3 Å². The van der Waals surface area contributed by atoms with Crippen LogP contribution in [-0.4, -0.2) is 15.8 Å². The molecule has 2 aliphatic carbocycles. The van der Waals surface area contributed by atoms with Crippen LogP contribution in [0.5, 0.6) is 0 Å². The van der Waals surface area contributed by atoms with Crippen LogP contribution in [0.25, 0.3) is 0 Å². The van der Waals surface area contributed by atoms with Gasteiger partial charge in [0.2, 0.25) is 0 Å². The molecule has 2 aliphatic rings. The lowest BCUT2D eigenvalue weighted by atomic mass is 9.45. The van der Waals surface area contributed by atoms with Gasteiger partial charge in [-0.2, -0.15) is 0 Å². The van der Waals surface area contributed by atoms with Gasteiger partial charge in [-0.15, -0.1) is 0 Å². The summed E-state index contributed by atoms with van der Waals surface area (Å²) in [5, 5.41) is 20.0. The van der Waals surface area contributed by atoms with Crippen molar-refractivity contribution in [3.05, 3.63) is 6.61 Å². The molecule has 0 aromatic rings. The molecule has 2 N–H and O–H groups in total. The van der Waals surface area contributed by atoms with Crippen LogP contribution >= 0.6 is 0 Å². The van der Waals surface area contributed by atoms with Crippen molar-refractivity contribution < 1.29 is 10.2 Å². The molecule has 2 rings (SSSR count). The van der Waals surface area contributed by atoms with Gasteiger partial charge >= 0.3 is 0 Å². The molecule has 1 radical (unpaired) electrons. The largest absolute Gasteiger partial charge is 0.390 e. The standard InChI is InChI=1S/C16H29O2/c1-14(2)8-5-9-15(3)12(14)6-10-16(4,18)13(15)7-11-17/h11-13,17-18H,5-10H2,1-4H3. The monoisotopic (exact) mass is 253 g/mol. The molecule has 18 heavy (non-hydrogen) atoms. The van der Waals surface area contributed by atoms with Crippen molar-refractivity contribution in [3.8, 4) is 0 Å². The summed E-state index contributed by atoms with van der Waals surface area (Å²) in [7, 11) is 0. The Morgan fingerprint density at radius 2 is 1.78 bits per heavy atom. The molecule has 4 unspecified atom stereocenters. The predicted molar refractivity (Wildman–Crippen MR) is 73.4 cm³/mol. The van der Waals surface area contributed by atoms with Crippen molar-refractivity contribution in [2.24, 2.45) is 22.7 Å². The van der Waals surface area contributed by atoms with Gasteiger partial charge in [-0.1, -0.05) is 27.2 Å². The van der Waals surface area contributed by atoms with Crippen molar-refractivity contribution >= 4 is 0 Å². The highest BCUT2D eigenvalue weighted by Gasteiger charge is 2.57. The van der Waals surface area contributed by atoms with Gasteiger partial charge in [0.1, 0.15) is 0 Å². The molecule has 0 heterocycles. The molecule has 0 bridgehead atoms. The molecule has 105 valence electrons. The summed E-state index contributed by atoms with van der Waals surface area (Å²) in [5.41, 5.74) is -0.0855. The van der Waals surface area contributed by atoms with E-state index in [0.717, 1.165) is 12.8 Å². The zero-order chi connectivity index (χ0) is 13.6. The highest BCUT2D eigenvalue weighted by molar-refractivity contribution is 5.07. The minimum Gasteiger partial charge on any atom is -0.390 e. The minimum absolute atomic E-state index is 0.169. The van der Waals surface area contributed by atoms with E-state index in [2.05, 4.69) is 20.8 Å². The van der Waals surface area contributed by atoms with Gasteiger partial charge in [-0.25, -0.2) is 0 Å².